The Balaban J connectivity index is 2.20. The van der Waals surface area contributed by atoms with Gasteiger partial charge in [0.2, 0.25) is 0 Å². The number of hydrogen-bond acceptors (Lipinski definition) is 3. The van der Waals surface area contributed by atoms with Crippen LogP contribution in [0.5, 0.6) is 0 Å². The number of benzene rings is 1. The smallest absolute Gasteiger partial charge is 0.259 e. The van der Waals surface area contributed by atoms with E-state index < -0.39 is 11.6 Å². The molecule has 0 aliphatic carbocycles. The molecule has 2 rings (SSSR count). The molecule has 1 heterocycles. The minimum Gasteiger partial charge on any atom is -0.361 e. The van der Waals surface area contributed by atoms with Crippen LogP contribution in [0, 0.1) is 25.5 Å². The van der Waals surface area contributed by atoms with E-state index in [0.717, 1.165) is 12.1 Å². The highest BCUT2D eigenvalue weighted by molar-refractivity contribution is 5.95. The maximum absolute atomic E-state index is 13.6. The number of aromatic nitrogens is 1. The zero-order valence-corrected chi connectivity index (χ0v) is 11.4. The molecule has 6 heteroatoms. The molecule has 0 spiro atoms. The van der Waals surface area contributed by atoms with Crippen LogP contribution in [0.4, 0.5) is 8.78 Å². The highest BCUT2D eigenvalue weighted by Gasteiger charge is 2.21. The van der Waals surface area contributed by atoms with Gasteiger partial charge in [0.15, 0.2) is 0 Å². The van der Waals surface area contributed by atoms with Crippen LogP contribution in [-0.2, 0) is 6.54 Å². The minimum atomic E-state index is -0.677. The second kappa shape index (κ2) is 5.40. The van der Waals surface area contributed by atoms with E-state index in [4.69, 9.17) is 4.52 Å². The van der Waals surface area contributed by atoms with Gasteiger partial charge in [0.1, 0.15) is 23.0 Å². The molecular weight excluding hydrogens is 266 g/mol. The topological polar surface area (TPSA) is 46.3 Å². The Morgan fingerprint density at radius 3 is 2.60 bits per heavy atom. The molecule has 20 heavy (non-hydrogen) atoms. The van der Waals surface area contributed by atoms with E-state index in [9.17, 15) is 13.6 Å². The quantitative estimate of drug-likeness (QED) is 0.868. The molecule has 0 aliphatic heterocycles. The number of rotatable bonds is 3. The lowest BCUT2D eigenvalue weighted by Crippen LogP contribution is -2.27. The normalized spacial score (nSPS) is 10.7. The Labute approximate surface area is 115 Å². The fourth-order valence-corrected chi connectivity index (χ4v) is 1.96. The van der Waals surface area contributed by atoms with E-state index in [0.29, 0.717) is 17.0 Å². The maximum Gasteiger partial charge on any atom is 0.259 e. The lowest BCUT2D eigenvalue weighted by Gasteiger charge is -2.17. The van der Waals surface area contributed by atoms with Crippen molar-refractivity contribution in [2.75, 3.05) is 7.05 Å². The molecule has 1 amide bonds. The second-order valence-electron chi connectivity index (χ2n) is 4.60. The molecule has 0 N–H and O–H groups in total. The Hall–Kier alpha value is -2.24. The Morgan fingerprint density at radius 2 is 2.05 bits per heavy atom. The van der Waals surface area contributed by atoms with Crippen molar-refractivity contribution in [1.82, 2.24) is 10.1 Å². The van der Waals surface area contributed by atoms with Gasteiger partial charge in [0.25, 0.3) is 5.91 Å². The van der Waals surface area contributed by atoms with E-state index in [1.165, 1.54) is 18.0 Å². The van der Waals surface area contributed by atoms with Crippen LogP contribution in [0.2, 0.25) is 0 Å². The van der Waals surface area contributed by atoms with Crippen molar-refractivity contribution in [2.45, 2.75) is 20.4 Å². The Morgan fingerprint density at radius 1 is 1.35 bits per heavy atom. The van der Waals surface area contributed by atoms with Crippen LogP contribution in [0.15, 0.2) is 22.7 Å². The molecule has 0 saturated heterocycles. The van der Waals surface area contributed by atoms with E-state index in [2.05, 4.69) is 5.16 Å². The molecule has 0 unspecified atom stereocenters. The van der Waals surface area contributed by atoms with Crippen molar-refractivity contribution in [3.05, 3.63) is 52.4 Å². The summed E-state index contributed by atoms with van der Waals surface area (Å²) in [4.78, 5) is 13.6. The summed E-state index contributed by atoms with van der Waals surface area (Å²) in [6.07, 6.45) is 0. The van der Waals surface area contributed by atoms with Gasteiger partial charge in [0, 0.05) is 25.2 Å². The molecule has 0 atom stereocenters. The average Bonchev–Trinajstić information content (AvgIpc) is 2.71. The first kappa shape index (κ1) is 14.2. The average molecular weight is 280 g/mol. The van der Waals surface area contributed by atoms with Gasteiger partial charge in [-0.2, -0.15) is 0 Å². The highest BCUT2D eigenvalue weighted by atomic mass is 19.1. The number of nitrogens with zero attached hydrogens (tertiary/aromatic N) is 2. The van der Waals surface area contributed by atoms with Crippen molar-refractivity contribution < 1.29 is 18.1 Å². The van der Waals surface area contributed by atoms with Gasteiger partial charge >= 0.3 is 0 Å². The standard InChI is InChI=1S/C14H14F2N2O2/c1-8-13(9(2)20-17-8)14(19)18(3)7-10-4-5-11(15)6-12(10)16/h4-6H,7H2,1-3H3. The number of hydrogen-bond donors (Lipinski definition) is 0. The first-order valence-corrected chi connectivity index (χ1v) is 6.02. The van der Waals surface area contributed by atoms with Crippen molar-refractivity contribution >= 4 is 5.91 Å². The molecule has 0 bridgehead atoms. The molecule has 106 valence electrons. The highest BCUT2D eigenvalue weighted by Crippen LogP contribution is 2.17. The van der Waals surface area contributed by atoms with Crippen molar-refractivity contribution in [2.24, 2.45) is 0 Å². The van der Waals surface area contributed by atoms with Crippen molar-refractivity contribution in [3.8, 4) is 0 Å². The molecule has 0 fully saturated rings. The van der Waals surface area contributed by atoms with Gasteiger partial charge < -0.3 is 9.42 Å². The first-order chi connectivity index (χ1) is 9.40. The summed E-state index contributed by atoms with van der Waals surface area (Å²) in [6.45, 7) is 3.34. The van der Waals surface area contributed by atoms with E-state index >= 15 is 0 Å². The van der Waals surface area contributed by atoms with Gasteiger partial charge in [-0.3, -0.25) is 4.79 Å². The first-order valence-electron chi connectivity index (χ1n) is 6.02. The van der Waals surface area contributed by atoms with Gasteiger partial charge in [0.05, 0.1) is 5.69 Å². The predicted octanol–water partition coefficient (Wildman–Crippen LogP) is 2.84. The van der Waals surface area contributed by atoms with Crippen LogP contribution in [-0.4, -0.2) is 23.0 Å². The van der Waals surface area contributed by atoms with Gasteiger partial charge in [-0.1, -0.05) is 11.2 Å². The number of halogens is 2. The molecule has 1 aromatic heterocycles. The number of aryl methyl sites for hydroxylation is 2. The summed E-state index contributed by atoms with van der Waals surface area (Å²) in [5.41, 5.74) is 1.10. The minimum absolute atomic E-state index is 0.0367. The van der Waals surface area contributed by atoms with Crippen LogP contribution >= 0.6 is 0 Å². The largest absolute Gasteiger partial charge is 0.361 e. The fourth-order valence-electron chi connectivity index (χ4n) is 1.96. The third kappa shape index (κ3) is 2.68. The van der Waals surface area contributed by atoms with Crippen LogP contribution in [0.3, 0.4) is 0 Å². The summed E-state index contributed by atoms with van der Waals surface area (Å²) in [5, 5.41) is 3.71. The molecule has 0 radical (unpaired) electrons. The van der Waals surface area contributed by atoms with Crippen molar-refractivity contribution in [3.63, 3.8) is 0 Å². The lowest BCUT2D eigenvalue weighted by molar-refractivity contribution is 0.0781. The predicted molar refractivity (Wildman–Crippen MR) is 68.1 cm³/mol. The lowest BCUT2D eigenvalue weighted by atomic mass is 10.1. The molecular formula is C14H14F2N2O2. The van der Waals surface area contributed by atoms with E-state index in [-0.39, 0.29) is 18.0 Å². The zero-order chi connectivity index (χ0) is 14.9. The molecule has 1 aromatic carbocycles. The molecule has 0 aliphatic rings. The van der Waals surface area contributed by atoms with Crippen molar-refractivity contribution in [1.29, 1.82) is 0 Å². The maximum atomic E-state index is 13.6. The number of amides is 1. The van der Waals surface area contributed by atoms with Gasteiger partial charge in [-0.15, -0.1) is 0 Å². The second-order valence-corrected chi connectivity index (χ2v) is 4.60. The van der Waals surface area contributed by atoms with Crippen LogP contribution in [0.1, 0.15) is 27.4 Å². The Kier molecular flexibility index (Phi) is 3.83. The SMILES string of the molecule is Cc1noc(C)c1C(=O)N(C)Cc1ccc(F)cc1F. The summed E-state index contributed by atoms with van der Waals surface area (Å²) < 4.78 is 31.3. The third-order valence-corrected chi connectivity index (χ3v) is 3.02. The van der Waals surface area contributed by atoms with Gasteiger partial charge in [-0.25, -0.2) is 8.78 Å². The Bertz CT molecular complexity index is 633. The third-order valence-electron chi connectivity index (χ3n) is 3.02. The zero-order valence-electron chi connectivity index (χ0n) is 11.4. The molecule has 2 aromatic rings. The number of carbonyl (C=O) groups is 1. The van der Waals surface area contributed by atoms with E-state index in [1.807, 2.05) is 0 Å². The van der Waals surface area contributed by atoms with Gasteiger partial charge in [-0.05, 0) is 19.9 Å². The summed E-state index contributed by atoms with van der Waals surface area (Å²) in [7, 11) is 1.54. The van der Waals surface area contributed by atoms with Crippen LogP contribution < -0.4 is 0 Å². The van der Waals surface area contributed by atoms with E-state index in [1.54, 1.807) is 13.8 Å². The summed E-state index contributed by atoms with van der Waals surface area (Å²) in [5.74, 6) is -1.22. The number of carbonyl (C=O) groups excluding carboxylic acids is 1. The molecule has 0 saturated carbocycles. The van der Waals surface area contributed by atoms with Crippen LogP contribution in [0.25, 0.3) is 0 Å². The fraction of sp³-hybridized carbons (Fsp3) is 0.286. The monoisotopic (exact) mass is 280 g/mol. The summed E-state index contributed by atoms with van der Waals surface area (Å²) in [6, 6.07) is 3.28. The summed E-state index contributed by atoms with van der Waals surface area (Å²) >= 11 is 0. The molecule has 4 nitrogen and oxygen atoms in total.